The van der Waals surface area contributed by atoms with E-state index in [1.54, 1.807) is 0 Å². The van der Waals surface area contributed by atoms with Gasteiger partial charge in [0.25, 0.3) is 0 Å². The lowest BCUT2D eigenvalue weighted by Crippen LogP contribution is -2.39. The van der Waals surface area contributed by atoms with Crippen molar-refractivity contribution in [3.63, 3.8) is 0 Å². The van der Waals surface area contributed by atoms with E-state index in [2.05, 4.69) is 23.7 Å². The maximum absolute atomic E-state index is 3.27. The van der Waals surface area contributed by atoms with E-state index in [-0.39, 0.29) is 12.4 Å². The van der Waals surface area contributed by atoms with Crippen LogP contribution in [0.1, 0.15) is 16.4 Å². The zero-order valence-electron chi connectivity index (χ0n) is 6.46. The molecule has 62 valence electrons. The average molecular weight is 190 g/mol. The largest absolute Gasteiger partial charge is 0.315 e. The molecule has 0 atom stereocenters. The highest BCUT2D eigenvalue weighted by Gasteiger charge is 2.18. The van der Waals surface area contributed by atoms with Gasteiger partial charge in [0, 0.05) is 23.9 Å². The molecule has 1 aromatic rings. The maximum atomic E-state index is 3.27. The van der Waals surface area contributed by atoms with Gasteiger partial charge in [-0.2, -0.15) is 0 Å². The first-order chi connectivity index (χ1) is 4.86. The Bertz CT molecular complexity index is 230. The first-order valence-corrected chi connectivity index (χ1v) is 4.50. The van der Waals surface area contributed by atoms with E-state index in [1.807, 2.05) is 11.3 Å². The normalized spacial score (nSPS) is 17.2. The summed E-state index contributed by atoms with van der Waals surface area (Å²) in [7, 11) is 0. The predicted molar refractivity (Wildman–Crippen MR) is 51.9 cm³/mol. The lowest BCUT2D eigenvalue weighted by Gasteiger charge is -2.26. The second-order valence-electron chi connectivity index (χ2n) is 2.85. The second kappa shape index (κ2) is 3.57. The Labute approximate surface area is 77.2 Å². The van der Waals surface area contributed by atoms with Crippen LogP contribution in [0.3, 0.4) is 0 Å². The summed E-state index contributed by atoms with van der Waals surface area (Å²) in [4.78, 5) is 1.43. The van der Waals surface area contributed by atoms with Gasteiger partial charge in [-0.1, -0.05) is 0 Å². The van der Waals surface area contributed by atoms with Crippen LogP contribution in [-0.4, -0.2) is 13.1 Å². The van der Waals surface area contributed by atoms with Gasteiger partial charge in [0.2, 0.25) is 0 Å². The van der Waals surface area contributed by atoms with Crippen molar-refractivity contribution in [1.29, 1.82) is 0 Å². The van der Waals surface area contributed by atoms with Gasteiger partial charge in [0.1, 0.15) is 0 Å². The summed E-state index contributed by atoms with van der Waals surface area (Å²) < 4.78 is 0. The Hall–Kier alpha value is -0.0500. The summed E-state index contributed by atoms with van der Waals surface area (Å²) in [6.07, 6.45) is 0. The minimum Gasteiger partial charge on any atom is -0.315 e. The lowest BCUT2D eigenvalue weighted by molar-refractivity contribution is 0.449. The molecule has 0 saturated carbocycles. The second-order valence-corrected chi connectivity index (χ2v) is 3.96. The quantitative estimate of drug-likeness (QED) is 0.714. The van der Waals surface area contributed by atoms with Gasteiger partial charge in [-0.3, -0.25) is 0 Å². The minimum absolute atomic E-state index is 0. The molecule has 3 heteroatoms. The number of halogens is 1. The molecule has 0 spiro atoms. The fourth-order valence-electron chi connectivity index (χ4n) is 1.20. The van der Waals surface area contributed by atoms with Crippen molar-refractivity contribution in [3.8, 4) is 0 Å². The van der Waals surface area contributed by atoms with E-state index in [0.29, 0.717) is 0 Å². The van der Waals surface area contributed by atoms with Crippen LogP contribution in [0.25, 0.3) is 0 Å². The van der Waals surface area contributed by atoms with E-state index in [9.17, 15) is 0 Å². The van der Waals surface area contributed by atoms with Gasteiger partial charge < -0.3 is 5.32 Å². The molecule has 0 unspecified atom stereocenters. The molecule has 2 heterocycles. The molecule has 1 nitrogen and oxygen atoms in total. The third kappa shape index (κ3) is 1.75. The molecule has 0 aliphatic carbocycles. The smallest absolute Gasteiger partial charge is 0.00968 e. The number of rotatable bonds is 1. The third-order valence-electron chi connectivity index (χ3n) is 2.00. The van der Waals surface area contributed by atoms with Crippen LogP contribution in [0.4, 0.5) is 0 Å². The van der Waals surface area contributed by atoms with Crippen molar-refractivity contribution in [2.45, 2.75) is 12.8 Å². The highest BCUT2D eigenvalue weighted by atomic mass is 35.5. The van der Waals surface area contributed by atoms with Crippen molar-refractivity contribution in [2.24, 2.45) is 0 Å². The Morgan fingerprint density at radius 3 is 2.64 bits per heavy atom. The summed E-state index contributed by atoms with van der Waals surface area (Å²) >= 11 is 1.85. The number of thiophene rings is 1. The topological polar surface area (TPSA) is 12.0 Å². The zero-order valence-corrected chi connectivity index (χ0v) is 8.10. The molecule has 1 saturated heterocycles. The molecule has 0 aromatic carbocycles. The summed E-state index contributed by atoms with van der Waals surface area (Å²) in [6.45, 7) is 4.52. The summed E-state index contributed by atoms with van der Waals surface area (Å²) in [5.41, 5.74) is 1.53. The van der Waals surface area contributed by atoms with Crippen molar-refractivity contribution in [2.75, 3.05) is 13.1 Å². The van der Waals surface area contributed by atoms with E-state index < -0.39 is 0 Å². The molecule has 0 amide bonds. The van der Waals surface area contributed by atoms with Crippen LogP contribution >= 0.6 is 23.7 Å². The number of hydrogen-bond donors (Lipinski definition) is 1. The van der Waals surface area contributed by atoms with Crippen molar-refractivity contribution >= 4 is 23.7 Å². The molecule has 1 aromatic heterocycles. The van der Waals surface area contributed by atoms with Crippen LogP contribution in [0, 0.1) is 6.92 Å². The maximum Gasteiger partial charge on any atom is 0.00968 e. The van der Waals surface area contributed by atoms with E-state index in [0.717, 1.165) is 5.92 Å². The summed E-state index contributed by atoms with van der Waals surface area (Å²) in [5.74, 6) is 0.810. The molecule has 1 fully saturated rings. The van der Waals surface area contributed by atoms with Gasteiger partial charge in [-0.25, -0.2) is 0 Å². The highest BCUT2D eigenvalue weighted by molar-refractivity contribution is 7.10. The van der Waals surface area contributed by atoms with E-state index in [1.165, 1.54) is 23.5 Å². The monoisotopic (exact) mass is 189 g/mol. The zero-order chi connectivity index (χ0) is 6.97. The minimum atomic E-state index is 0. The Morgan fingerprint density at radius 2 is 2.27 bits per heavy atom. The van der Waals surface area contributed by atoms with Gasteiger partial charge in [0.15, 0.2) is 0 Å². The molecule has 1 N–H and O–H groups in total. The first-order valence-electron chi connectivity index (χ1n) is 3.62. The molecule has 0 radical (unpaired) electrons. The van der Waals surface area contributed by atoms with Crippen LogP contribution < -0.4 is 5.32 Å². The Kier molecular flexibility index (Phi) is 2.93. The van der Waals surface area contributed by atoms with Crippen LogP contribution in [0.2, 0.25) is 0 Å². The number of aryl methyl sites for hydroxylation is 1. The third-order valence-corrected chi connectivity index (χ3v) is 2.88. The summed E-state index contributed by atoms with van der Waals surface area (Å²) in [6, 6.07) is 2.30. The van der Waals surface area contributed by atoms with Crippen LogP contribution in [0.5, 0.6) is 0 Å². The lowest BCUT2D eigenvalue weighted by atomic mass is 9.96. The Balaban J connectivity index is 0.000000605. The predicted octanol–water partition coefficient (Wildman–Crippen LogP) is 2.17. The molecule has 1 aliphatic rings. The molecule has 0 bridgehead atoms. The number of nitrogens with one attached hydrogen (secondary N) is 1. The SMILES string of the molecule is Cc1cc(C2CNC2)cs1.Cl. The van der Waals surface area contributed by atoms with Crippen molar-refractivity contribution in [3.05, 3.63) is 21.9 Å². The van der Waals surface area contributed by atoms with Crippen molar-refractivity contribution < 1.29 is 0 Å². The van der Waals surface area contributed by atoms with E-state index in [4.69, 9.17) is 0 Å². The van der Waals surface area contributed by atoms with Crippen molar-refractivity contribution in [1.82, 2.24) is 5.32 Å². The molecular formula is C8H12ClNS. The standard InChI is InChI=1S/C8H11NS.ClH/c1-6-2-7(5-10-6)8-3-9-4-8;/h2,5,8-9H,3-4H2,1H3;1H. The molecule has 11 heavy (non-hydrogen) atoms. The van der Waals surface area contributed by atoms with Crippen LogP contribution in [0.15, 0.2) is 11.4 Å². The fraction of sp³-hybridized carbons (Fsp3) is 0.500. The first kappa shape index (κ1) is 9.04. The average Bonchev–Trinajstić information content (AvgIpc) is 2.10. The fourth-order valence-corrected chi connectivity index (χ4v) is 1.99. The molecule has 2 rings (SSSR count). The van der Waals surface area contributed by atoms with Gasteiger partial charge >= 0.3 is 0 Å². The molecule has 1 aliphatic heterocycles. The van der Waals surface area contributed by atoms with Gasteiger partial charge in [-0.05, 0) is 23.9 Å². The van der Waals surface area contributed by atoms with Crippen LogP contribution in [-0.2, 0) is 0 Å². The van der Waals surface area contributed by atoms with E-state index >= 15 is 0 Å². The van der Waals surface area contributed by atoms with Gasteiger partial charge in [-0.15, -0.1) is 23.7 Å². The Morgan fingerprint density at radius 1 is 1.55 bits per heavy atom. The number of hydrogen-bond acceptors (Lipinski definition) is 2. The summed E-state index contributed by atoms with van der Waals surface area (Å²) in [5, 5.41) is 5.55. The highest BCUT2D eigenvalue weighted by Crippen LogP contribution is 2.24. The van der Waals surface area contributed by atoms with Gasteiger partial charge in [0.05, 0.1) is 0 Å². The molecular weight excluding hydrogens is 178 g/mol.